The molecule has 10 nitrogen and oxygen atoms in total. The Kier molecular flexibility index (Phi) is 8.55. The molecule has 1 aromatic heterocycles. The molecule has 3 aromatic rings. The molecular weight excluding hydrogens is 486 g/mol. The molecule has 0 fully saturated rings. The highest BCUT2D eigenvalue weighted by Gasteiger charge is 2.29. The maximum absolute atomic E-state index is 13.6. The van der Waals surface area contributed by atoms with Gasteiger partial charge in [-0.1, -0.05) is 24.3 Å². The van der Waals surface area contributed by atoms with E-state index in [9.17, 15) is 14.9 Å². The lowest BCUT2D eigenvalue weighted by molar-refractivity contribution is -0.385. The number of para-hydroxylation sites is 2. The summed E-state index contributed by atoms with van der Waals surface area (Å²) in [5.74, 6) is 0.390. The zero-order valence-corrected chi connectivity index (χ0v) is 22.1. The van der Waals surface area contributed by atoms with Crippen LogP contribution in [0.1, 0.15) is 32.9 Å². The lowest BCUT2D eigenvalue weighted by atomic mass is 10.0. The van der Waals surface area contributed by atoms with Gasteiger partial charge in [-0.05, 0) is 25.1 Å². The maximum Gasteiger partial charge on any atom is 0.273 e. The first-order chi connectivity index (χ1) is 18.4. The molecule has 2 aromatic carbocycles. The molecule has 0 N–H and O–H groups in total. The first-order valence-corrected chi connectivity index (χ1v) is 12.5. The van der Waals surface area contributed by atoms with Crippen molar-refractivity contribution in [1.29, 1.82) is 0 Å². The van der Waals surface area contributed by atoms with Gasteiger partial charge in [0.15, 0.2) is 0 Å². The number of aromatic nitrogens is 2. The van der Waals surface area contributed by atoms with Crippen LogP contribution in [0.3, 0.4) is 0 Å². The third-order valence-electron chi connectivity index (χ3n) is 6.77. The third-order valence-corrected chi connectivity index (χ3v) is 6.77. The van der Waals surface area contributed by atoms with Crippen LogP contribution < -0.4 is 4.74 Å². The van der Waals surface area contributed by atoms with E-state index in [1.165, 1.54) is 6.07 Å². The molecule has 0 radical (unpaired) electrons. The Labute approximate surface area is 222 Å². The molecule has 0 saturated carbocycles. The van der Waals surface area contributed by atoms with Crippen molar-refractivity contribution in [2.45, 2.75) is 26.4 Å². The number of rotatable bonds is 11. The first kappa shape index (κ1) is 27.0. The molecule has 10 heteroatoms. The number of hydrogen-bond acceptors (Lipinski definition) is 7. The van der Waals surface area contributed by atoms with Gasteiger partial charge in [-0.15, -0.1) is 6.58 Å². The predicted octanol–water partition coefficient (Wildman–Crippen LogP) is 3.93. The standard InChI is InChI=1S/C28H33N5O5/c1-5-13-30-14-12-24-22(18-30)23(29-32(24)25-8-6-7-9-27(25)38-4)19-31(15-16-37-3)28(34)21-11-10-20(2)26(17-21)33(35)36/h5-11,17H,1,12-16,18-19H2,2-4H3. The summed E-state index contributed by atoms with van der Waals surface area (Å²) in [6, 6.07) is 12.3. The summed E-state index contributed by atoms with van der Waals surface area (Å²) < 4.78 is 12.8. The number of amides is 1. The smallest absolute Gasteiger partial charge is 0.273 e. The summed E-state index contributed by atoms with van der Waals surface area (Å²) >= 11 is 0. The first-order valence-electron chi connectivity index (χ1n) is 12.5. The molecular formula is C28H33N5O5. The summed E-state index contributed by atoms with van der Waals surface area (Å²) in [6.07, 6.45) is 2.67. The number of carbonyl (C=O) groups is 1. The van der Waals surface area contributed by atoms with E-state index < -0.39 is 4.92 Å². The topological polar surface area (TPSA) is 103 Å². The van der Waals surface area contributed by atoms with Gasteiger partial charge in [0, 0.05) is 62.5 Å². The molecule has 38 heavy (non-hydrogen) atoms. The Morgan fingerprint density at radius 3 is 2.76 bits per heavy atom. The largest absolute Gasteiger partial charge is 0.494 e. The van der Waals surface area contributed by atoms with Gasteiger partial charge >= 0.3 is 0 Å². The summed E-state index contributed by atoms with van der Waals surface area (Å²) in [7, 11) is 3.21. The number of hydrogen-bond donors (Lipinski definition) is 0. The molecule has 0 bridgehead atoms. The molecule has 200 valence electrons. The van der Waals surface area contributed by atoms with Gasteiger partial charge in [0.1, 0.15) is 11.4 Å². The zero-order valence-electron chi connectivity index (χ0n) is 22.1. The van der Waals surface area contributed by atoms with Crippen molar-refractivity contribution in [3.63, 3.8) is 0 Å². The monoisotopic (exact) mass is 519 g/mol. The van der Waals surface area contributed by atoms with Crippen molar-refractivity contribution in [2.75, 3.05) is 40.5 Å². The van der Waals surface area contributed by atoms with Crippen LogP contribution in [0.25, 0.3) is 5.69 Å². The van der Waals surface area contributed by atoms with Crippen LogP contribution in [0.2, 0.25) is 0 Å². The van der Waals surface area contributed by atoms with E-state index in [1.54, 1.807) is 38.2 Å². The lowest BCUT2D eigenvalue weighted by Crippen LogP contribution is -2.35. The number of fused-ring (bicyclic) bond motifs is 1. The van der Waals surface area contributed by atoms with Gasteiger partial charge in [-0.25, -0.2) is 4.68 Å². The van der Waals surface area contributed by atoms with Crippen LogP contribution in [0.15, 0.2) is 55.1 Å². The molecule has 0 unspecified atom stereocenters. The number of methoxy groups -OCH3 is 2. The van der Waals surface area contributed by atoms with Crippen LogP contribution in [0.4, 0.5) is 5.69 Å². The van der Waals surface area contributed by atoms with E-state index in [1.807, 2.05) is 35.0 Å². The highest BCUT2D eigenvalue weighted by Crippen LogP contribution is 2.30. The molecule has 0 aliphatic carbocycles. The van der Waals surface area contributed by atoms with Crippen molar-refractivity contribution in [3.05, 3.63) is 93.3 Å². The number of aryl methyl sites for hydroxylation is 1. The quantitative estimate of drug-likeness (QED) is 0.215. The molecule has 1 aliphatic heterocycles. The minimum absolute atomic E-state index is 0.0829. The number of nitrogens with zero attached hydrogens (tertiary/aromatic N) is 5. The van der Waals surface area contributed by atoms with E-state index in [0.29, 0.717) is 31.0 Å². The van der Waals surface area contributed by atoms with E-state index in [-0.39, 0.29) is 23.7 Å². The van der Waals surface area contributed by atoms with Gasteiger partial charge in [-0.2, -0.15) is 5.10 Å². The summed E-state index contributed by atoms with van der Waals surface area (Å²) in [6.45, 7) is 8.67. The molecule has 0 atom stereocenters. The maximum atomic E-state index is 13.6. The highest BCUT2D eigenvalue weighted by atomic mass is 16.6. The fraction of sp³-hybridized carbons (Fsp3) is 0.357. The Morgan fingerprint density at radius 1 is 1.26 bits per heavy atom. The fourth-order valence-corrected chi connectivity index (χ4v) is 4.77. The van der Waals surface area contributed by atoms with Gasteiger partial charge in [0.05, 0.1) is 36.6 Å². The van der Waals surface area contributed by atoms with Crippen molar-refractivity contribution in [3.8, 4) is 11.4 Å². The molecule has 2 heterocycles. The van der Waals surface area contributed by atoms with Crippen molar-refractivity contribution in [1.82, 2.24) is 19.6 Å². The van der Waals surface area contributed by atoms with Crippen molar-refractivity contribution < 1.29 is 19.2 Å². The van der Waals surface area contributed by atoms with E-state index in [4.69, 9.17) is 14.6 Å². The Hall–Kier alpha value is -4.02. The molecule has 1 aliphatic rings. The van der Waals surface area contributed by atoms with Crippen LogP contribution >= 0.6 is 0 Å². The van der Waals surface area contributed by atoms with Crippen LogP contribution in [-0.2, 0) is 24.2 Å². The number of nitro groups is 1. The number of ether oxygens (including phenoxy) is 2. The van der Waals surface area contributed by atoms with Gasteiger partial charge < -0.3 is 14.4 Å². The minimum atomic E-state index is -0.467. The van der Waals surface area contributed by atoms with Gasteiger partial charge in [-0.3, -0.25) is 19.8 Å². The molecule has 4 rings (SSSR count). The zero-order chi connectivity index (χ0) is 27.2. The van der Waals surface area contributed by atoms with E-state index in [2.05, 4.69) is 11.5 Å². The second-order valence-electron chi connectivity index (χ2n) is 9.21. The molecule has 1 amide bonds. The van der Waals surface area contributed by atoms with Crippen LogP contribution in [0.5, 0.6) is 5.75 Å². The normalized spacial score (nSPS) is 13.1. The fourth-order valence-electron chi connectivity index (χ4n) is 4.77. The molecule has 0 spiro atoms. The lowest BCUT2D eigenvalue weighted by Gasteiger charge is -2.27. The summed E-state index contributed by atoms with van der Waals surface area (Å²) in [4.78, 5) is 28.6. The van der Waals surface area contributed by atoms with Crippen LogP contribution in [0, 0.1) is 17.0 Å². The molecule has 0 saturated heterocycles. The van der Waals surface area contributed by atoms with Gasteiger partial charge in [0.2, 0.25) is 0 Å². The average Bonchev–Trinajstić information content (AvgIpc) is 3.28. The Morgan fingerprint density at radius 2 is 2.05 bits per heavy atom. The summed E-state index contributed by atoms with van der Waals surface area (Å²) in [5.41, 5.74) is 4.42. The number of carbonyl (C=O) groups excluding carboxylic acids is 1. The van der Waals surface area contributed by atoms with Crippen LogP contribution in [-0.4, -0.2) is 70.9 Å². The Balaban J connectivity index is 1.75. The van der Waals surface area contributed by atoms with Crippen molar-refractivity contribution in [2.24, 2.45) is 0 Å². The second kappa shape index (κ2) is 12.0. The number of nitro benzene ring substituents is 1. The van der Waals surface area contributed by atoms with E-state index >= 15 is 0 Å². The van der Waals surface area contributed by atoms with Crippen molar-refractivity contribution >= 4 is 11.6 Å². The Bertz CT molecular complexity index is 1340. The summed E-state index contributed by atoms with van der Waals surface area (Å²) in [5, 5.41) is 16.5. The van der Waals surface area contributed by atoms with E-state index in [0.717, 1.165) is 42.1 Å². The number of benzene rings is 2. The third kappa shape index (κ3) is 5.61. The minimum Gasteiger partial charge on any atom is -0.494 e. The highest BCUT2D eigenvalue weighted by molar-refractivity contribution is 5.95. The predicted molar refractivity (Wildman–Crippen MR) is 144 cm³/mol. The van der Waals surface area contributed by atoms with Gasteiger partial charge in [0.25, 0.3) is 11.6 Å². The second-order valence-corrected chi connectivity index (χ2v) is 9.21. The SMILES string of the molecule is C=CCN1CCc2c(c(CN(CCOC)C(=O)c3ccc(C)c([N+](=O)[O-])c3)nn2-c2ccccc2OC)C1. The average molecular weight is 520 g/mol.